The van der Waals surface area contributed by atoms with Crippen molar-refractivity contribution in [1.82, 2.24) is 9.80 Å². The number of fused-ring (bicyclic) bond motifs is 1. The third-order valence-electron chi connectivity index (χ3n) is 6.58. The average Bonchev–Trinajstić information content (AvgIpc) is 3.33. The maximum absolute atomic E-state index is 13.6. The maximum atomic E-state index is 13.6. The Bertz CT molecular complexity index is 1000. The Labute approximate surface area is 197 Å². The minimum Gasteiger partial charge on any atom is -0.481 e. The van der Waals surface area contributed by atoms with Gasteiger partial charge in [0.15, 0.2) is 0 Å². The molecule has 2 amide bonds. The van der Waals surface area contributed by atoms with Crippen molar-refractivity contribution >= 4 is 29.7 Å². The Morgan fingerprint density at radius 3 is 2.00 bits per heavy atom. The number of carbonyl (C=O) groups excluding carboxylic acids is 1. The Morgan fingerprint density at radius 1 is 0.939 bits per heavy atom. The molecule has 5 unspecified atom stereocenters. The van der Waals surface area contributed by atoms with Gasteiger partial charge in [-0.05, 0) is 17.5 Å². The van der Waals surface area contributed by atoms with Crippen LogP contribution in [-0.4, -0.2) is 61.1 Å². The van der Waals surface area contributed by atoms with Gasteiger partial charge >= 0.3 is 18.0 Å². The summed E-state index contributed by atoms with van der Waals surface area (Å²) >= 11 is 1.55. The molecular weight excluding hydrogens is 440 g/mol. The van der Waals surface area contributed by atoms with Crippen LogP contribution in [0.25, 0.3) is 0 Å². The summed E-state index contributed by atoms with van der Waals surface area (Å²) in [4.78, 5) is 40.9. The molecule has 0 bridgehead atoms. The van der Waals surface area contributed by atoms with E-state index in [1.54, 1.807) is 23.6 Å². The number of hydrogen-bond acceptors (Lipinski definition) is 4. The van der Waals surface area contributed by atoms with Crippen molar-refractivity contribution < 1.29 is 24.6 Å². The molecule has 8 heteroatoms. The summed E-state index contributed by atoms with van der Waals surface area (Å²) in [7, 11) is 0. The lowest BCUT2D eigenvalue weighted by Crippen LogP contribution is -2.45. The number of rotatable bonds is 9. The van der Waals surface area contributed by atoms with Crippen LogP contribution in [0.4, 0.5) is 4.79 Å². The molecular formula is C25H28N2O5S. The molecule has 0 saturated carbocycles. The second-order valence-corrected chi connectivity index (χ2v) is 10.00. The average molecular weight is 469 g/mol. The fraction of sp³-hybridized carbons (Fsp3) is 0.400. The highest BCUT2D eigenvalue weighted by atomic mass is 32.2. The first-order valence-corrected chi connectivity index (χ1v) is 12.1. The van der Waals surface area contributed by atoms with Gasteiger partial charge in [-0.3, -0.25) is 9.59 Å². The van der Waals surface area contributed by atoms with Crippen LogP contribution in [0.5, 0.6) is 0 Å². The highest BCUT2D eigenvalue weighted by Gasteiger charge is 2.56. The number of urea groups is 1. The van der Waals surface area contributed by atoms with Crippen molar-refractivity contribution in [1.29, 1.82) is 0 Å². The largest absolute Gasteiger partial charge is 0.481 e. The van der Waals surface area contributed by atoms with Crippen LogP contribution in [0, 0.1) is 11.8 Å². The minimum atomic E-state index is -1.00. The Balaban J connectivity index is 1.65. The molecule has 2 aliphatic rings. The summed E-state index contributed by atoms with van der Waals surface area (Å²) < 4.78 is 0. The van der Waals surface area contributed by atoms with E-state index in [-0.39, 0.29) is 29.8 Å². The quantitative estimate of drug-likeness (QED) is 0.544. The maximum Gasteiger partial charge on any atom is 0.321 e. The predicted molar refractivity (Wildman–Crippen MR) is 126 cm³/mol. The summed E-state index contributed by atoms with van der Waals surface area (Å²) in [5.41, 5.74) is 2.00. The molecule has 0 radical (unpaired) electrons. The zero-order valence-electron chi connectivity index (χ0n) is 18.4. The SMILES string of the molecule is CC(CC(C(=O)O)C1SCC2C1N(Cc1ccccc1)C(=O)N2Cc1ccccc1)C(=O)O. The normalized spacial score (nSPS) is 23.9. The molecule has 0 aliphatic carbocycles. The standard InChI is InChI=1S/C25H28N2O5S/c1-16(23(28)29)12-19(24(30)31)22-21-20(15-33-22)26(13-17-8-4-2-5-9-17)25(32)27(21)14-18-10-6-3-7-11-18/h2-11,16,19-22H,12-15H2,1H3,(H,28,29)(H,30,31). The van der Waals surface area contributed by atoms with Crippen LogP contribution in [0.1, 0.15) is 24.5 Å². The van der Waals surface area contributed by atoms with Crippen molar-refractivity contribution in [3.63, 3.8) is 0 Å². The van der Waals surface area contributed by atoms with Gasteiger partial charge in [0.05, 0.1) is 23.9 Å². The predicted octanol–water partition coefficient (Wildman–Crippen LogP) is 3.79. The number of carbonyl (C=O) groups is 3. The first-order valence-electron chi connectivity index (χ1n) is 11.1. The Kier molecular flexibility index (Phi) is 6.93. The van der Waals surface area contributed by atoms with E-state index in [0.717, 1.165) is 11.1 Å². The molecule has 174 valence electrons. The second-order valence-electron chi connectivity index (χ2n) is 8.79. The van der Waals surface area contributed by atoms with Crippen molar-refractivity contribution in [3.05, 3.63) is 71.8 Å². The molecule has 5 atom stereocenters. The fourth-order valence-corrected chi connectivity index (χ4v) is 6.63. The van der Waals surface area contributed by atoms with E-state index in [9.17, 15) is 24.6 Å². The lowest BCUT2D eigenvalue weighted by molar-refractivity contribution is -0.145. The molecule has 2 aromatic rings. The summed E-state index contributed by atoms with van der Waals surface area (Å²) in [5.74, 6) is -3.00. The van der Waals surface area contributed by atoms with Gasteiger partial charge in [-0.1, -0.05) is 67.6 Å². The summed E-state index contributed by atoms with van der Waals surface area (Å²) in [6.07, 6.45) is 0.0393. The summed E-state index contributed by atoms with van der Waals surface area (Å²) in [6, 6.07) is 18.9. The molecule has 2 aliphatic heterocycles. The van der Waals surface area contributed by atoms with E-state index in [4.69, 9.17) is 0 Å². The van der Waals surface area contributed by atoms with Crippen LogP contribution in [0.15, 0.2) is 60.7 Å². The van der Waals surface area contributed by atoms with Gasteiger partial charge < -0.3 is 20.0 Å². The third-order valence-corrected chi connectivity index (χ3v) is 8.10. The zero-order valence-corrected chi connectivity index (χ0v) is 19.2. The first-order chi connectivity index (χ1) is 15.9. The summed E-state index contributed by atoms with van der Waals surface area (Å²) in [5, 5.41) is 19.0. The smallest absolute Gasteiger partial charge is 0.321 e. The van der Waals surface area contributed by atoms with Crippen LogP contribution in [0.2, 0.25) is 0 Å². The number of carboxylic acid groups (broad SMARTS) is 2. The van der Waals surface area contributed by atoms with Gasteiger partial charge in [0.2, 0.25) is 0 Å². The number of hydrogen-bond donors (Lipinski definition) is 2. The number of amides is 2. The number of carboxylic acids is 2. The van der Waals surface area contributed by atoms with E-state index in [1.807, 2.05) is 65.6 Å². The van der Waals surface area contributed by atoms with Crippen molar-refractivity contribution in [2.45, 2.75) is 43.8 Å². The lowest BCUT2D eigenvalue weighted by atomic mass is 9.87. The number of thioether (sulfide) groups is 1. The molecule has 2 saturated heterocycles. The first kappa shape index (κ1) is 23.2. The van der Waals surface area contributed by atoms with Crippen LogP contribution < -0.4 is 0 Å². The van der Waals surface area contributed by atoms with Gasteiger partial charge in [0.25, 0.3) is 0 Å². The van der Waals surface area contributed by atoms with Crippen molar-refractivity contribution in [2.24, 2.45) is 11.8 Å². The number of benzene rings is 2. The third kappa shape index (κ3) is 4.85. The van der Waals surface area contributed by atoms with Crippen LogP contribution in [-0.2, 0) is 22.7 Å². The minimum absolute atomic E-state index is 0.0393. The monoisotopic (exact) mass is 468 g/mol. The molecule has 0 spiro atoms. The highest BCUT2D eigenvalue weighted by molar-refractivity contribution is 8.00. The molecule has 2 heterocycles. The molecule has 7 nitrogen and oxygen atoms in total. The second kappa shape index (κ2) is 9.87. The van der Waals surface area contributed by atoms with E-state index in [0.29, 0.717) is 18.8 Å². The molecule has 2 fully saturated rings. The molecule has 2 aromatic carbocycles. The van der Waals surface area contributed by atoms with E-state index in [2.05, 4.69) is 0 Å². The van der Waals surface area contributed by atoms with Crippen LogP contribution >= 0.6 is 11.8 Å². The van der Waals surface area contributed by atoms with Gasteiger partial charge in [-0.2, -0.15) is 11.8 Å². The van der Waals surface area contributed by atoms with Gasteiger partial charge in [0, 0.05) is 24.1 Å². The molecule has 33 heavy (non-hydrogen) atoms. The Hall–Kier alpha value is -3.00. The number of aliphatic carboxylic acids is 2. The van der Waals surface area contributed by atoms with E-state index in [1.165, 1.54) is 0 Å². The molecule has 0 aromatic heterocycles. The zero-order chi connectivity index (χ0) is 23.5. The van der Waals surface area contributed by atoms with Gasteiger partial charge in [-0.25, -0.2) is 4.79 Å². The molecule has 2 N–H and O–H groups in total. The van der Waals surface area contributed by atoms with E-state index < -0.39 is 23.8 Å². The van der Waals surface area contributed by atoms with Crippen molar-refractivity contribution in [3.8, 4) is 0 Å². The fourth-order valence-electron chi connectivity index (χ4n) is 4.85. The van der Waals surface area contributed by atoms with E-state index >= 15 is 0 Å². The van der Waals surface area contributed by atoms with Gasteiger partial charge in [0.1, 0.15) is 0 Å². The van der Waals surface area contributed by atoms with Gasteiger partial charge in [-0.15, -0.1) is 0 Å². The van der Waals surface area contributed by atoms with Crippen LogP contribution in [0.3, 0.4) is 0 Å². The summed E-state index contributed by atoms with van der Waals surface area (Å²) in [6.45, 7) is 2.39. The molecule has 4 rings (SSSR count). The Morgan fingerprint density at radius 2 is 1.48 bits per heavy atom. The topological polar surface area (TPSA) is 98.2 Å². The number of nitrogens with zero attached hydrogens (tertiary/aromatic N) is 2. The van der Waals surface area contributed by atoms with Crippen molar-refractivity contribution in [2.75, 3.05) is 5.75 Å². The highest BCUT2D eigenvalue weighted by Crippen LogP contribution is 2.45. The lowest BCUT2D eigenvalue weighted by Gasteiger charge is -2.31.